The van der Waals surface area contributed by atoms with E-state index in [2.05, 4.69) is 10.1 Å². The highest BCUT2D eigenvalue weighted by atomic mass is 16.5. The molecule has 0 N–H and O–H groups in total. The van der Waals surface area contributed by atoms with Gasteiger partial charge in [-0.1, -0.05) is 0 Å². The first-order valence-corrected chi connectivity index (χ1v) is 7.00. The number of pyridine rings is 1. The molecule has 0 aliphatic carbocycles. The van der Waals surface area contributed by atoms with E-state index in [-0.39, 0.29) is 6.61 Å². The molecule has 0 bridgehead atoms. The van der Waals surface area contributed by atoms with Crippen molar-refractivity contribution in [2.24, 2.45) is 0 Å². The smallest absolute Gasteiger partial charge is 0.230 e. The Morgan fingerprint density at radius 3 is 3.00 bits per heavy atom. The SMILES string of the molecule is [O-][n+]1ccccc1COc1cc(-c2ccco2)nc2ccnn12. The summed E-state index contributed by atoms with van der Waals surface area (Å²) in [6, 6.07) is 12.3. The molecule has 4 heterocycles. The molecule has 0 spiro atoms. The third-order valence-electron chi connectivity index (χ3n) is 3.37. The Balaban J connectivity index is 1.71. The highest BCUT2D eigenvalue weighted by molar-refractivity contribution is 5.58. The lowest BCUT2D eigenvalue weighted by molar-refractivity contribution is -0.616. The molecule has 4 aromatic rings. The second-order valence-electron chi connectivity index (χ2n) is 4.86. The molecule has 0 unspecified atom stereocenters. The quantitative estimate of drug-likeness (QED) is 0.426. The van der Waals surface area contributed by atoms with Crippen LogP contribution in [0.3, 0.4) is 0 Å². The minimum atomic E-state index is 0.126. The number of ether oxygens (including phenoxy) is 1. The van der Waals surface area contributed by atoms with Gasteiger partial charge in [0.2, 0.25) is 11.6 Å². The Morgan fingerprint density at radius 2 is 2.17 bits per heavy atom. The van der Waals surface area contributed by atoms with Gasteiger partial charge in [0.15, 0.2) is 24.2 Å². The summed E-state index contributed by atoms with van der Waals surface area (Å²) < 4.78 is 13.5. The molecule has 0 saturated heterocycles. The predicted molar refractivity (Wildman–Crippen MR) is 80.4 cm³/mol. The van der Waals surface area contributed by atoms with Gasteiger partial charge in [-0.2, -0.15) is 14.3 Å². The molecular weight excluding hydrogens is 296 g/mol. The fraction of sp³-hybridized carbons (Fsp3) is 0.0625. The predicted octanol–water partition coefficient (Wildman–Crippen LogP) is 2.20. The van der Waals surface area contributed by atoms with Crippen molar-refractivity contribution < 1.29 is 13.9 Å². The summed E-state index contributed by atoms with van der Waals surface area (Å²) in [7, 11) is 0. The van der Waals surface area contributed by atoms with E-state index in [1.54, 1.807) is 53.4 Å². The van der Waals surface area contributed by atoms with Crippen LogP contribution < -0.4 is 9.47 Å². The zero-order valence-electron chi connectivity index (χ0n) is 12.0. The Bertz CT molecular complexity index is 947. The molecule has 114 valence electrons. The summed E-state index contributed by atoms with van der Waals surface area (Å²) in [6.45, 7) is 0.126. The monoisotopic (exact) mass is 308 g/mol. The molecule has 4 aromatic heterocycles. The summed E-state index contributed by atoms with van der Waals surface area (Å²) >= 11 is 0. The zero-order chi connectivity index (χ0) is 15.6. The normalized spacial score (nSPS) is 11.0. The van der Waals surface area contributed by atoms with Crippen molar-refractivity contribution in [2.45, 2.75) is 6.61 Å². The van der Waals surface area contributed by atoms with E-state index in [0.29, 0.717) is 28.7 Å². The molecule has 4 rings (SSSR count). The molecule has 0 amide bonds. The molecule has 0 radical (unpaired) electrons. The zero-order valence-corrected chi connectivity index (χ0v) is 12.0. The van der Waals surface area contributed by atoms with Crippen LogP contribution in [-0.4, -0.2) is 14.6 Å². The maximum atomic E-state index is 11.7. The third-order valence-corrected chi connectivity index (χ3v) is 3.37. The van der Waals surface area contributed by atoms with E-state index in [9.17, 15) is 5.21 Å². The van der Waals surface area contributed by atoms with Gasteiger partial charge in [-0.25, -0.2) is 4.98 Å². The first-order chi connectivity index (χ1) is 11.3. The first-order valence-electron chi connectivity index (χ1n) is 7.00. The lowest BCUT2D eigenvalue weighted by Crippen LogP contribution is -2.31. The molecule has 0 saturated carbocycles. The van der Waals surface area contributed by atoms with Gasteiger partial charge in [-0.3, -0.25) is 0 Å². The number of hydrogen-bond donors (Lipinski definition) is 0. The molecule has 0 aliphatic rings. The minimum Gasteiger partial charge on any atom is -0.618 e. The lowest BCUT2D eigenvalue weighted by atomic mass is 10.3. The molecule has 0 atom stereocenters. The summed E-state index contributed by atoms with van der Waals surface area (Å²) in [5, 5.41) is 15.9. The number of furan rings is 1. The largest absolute Gasteiger partial charge is 0.618 e. The third kappa shape index (κ3) is 2.48. The van der Waals surface area contributed by atoms with E-state index in [4.69, 9.17) is 9.15 Å². The van der Waals surface area contributed by atoms with Crippen molar-refractivity contribution in [3.8, 4) is 17.3 Å². The van der Waals surface area contributed by atoms with Gasteiger partial charge >= 0.3 is 0 Å². The summed E-state index contributed by atoms with van der Waals surface area (Å²) in [6.07, 6.45) is 4.66. The Labute approximate surface area is 131 Å². The van der Waals surface area contributed by atoms with Crippen molar-refractivity contribution >= 4 is 5.65 Å². The van der Waals surface area contributed by atoms with Crippen LogP contribution in [0.1, 0.15) is 5.69 Å². The summed E-state index contributed by atoms with van der Waals surface area (Å²) in [5.41, 5.74) is 1.78. The van der Waals surface area contributed by atoms with Crippen LogP contribution in [0.4, 0.5) is 0 Å². The van der Waals surface area contributed by atoms with E-state index in [0.717, 1.165) is 4.73 Å². The van der Waals surface area contributed by atoms with Crippen LogP contribution in [0.5, 0.6) is 5.88 Å². The maximum Gasteiger partial charge on any atom is 0.230 e. The van der Waals surface area contributed by atoms with Gasteiger partial charge in [-0.05, 0) is 18.2 Å². The number of fused-ring (bicyclic) bond motifs is 1. The molecule has 7 nitrogen and oxygen atoms in total. The van der Waals surface area contributed by atoms with Crippen LogP contribution >= 0.6 is 0 Å². The van der Waals surface area contributed by atoms with Gasteiger partial charge in [-0.15, -0.1) is 0 Å². The number of hydrogen-bond acceptors (Lipinski definition) is 5. The van der Waals surface area contributed by atoms with Gasteiger partial charge < -0.3 is 14.4 Å². The van der Waals surface area contributed by atoms with Crippen molar-refractivity contribution in [1.29, 1.82) is 0 Å². The van der Waals surface area contributed by atoms with E-state index in [1.807, 2.05) is 6.07 Å². The van der Waals surface area contributed by atoms with E-state index >= 15 is 0 Å². The van der Waals surface area contributed by atoms with Crippen LogP contribution in [0.25, 0.3) is 17.1 Å². The summed E-state index contributed by atoms with van der Waals surface area (Å²) in [5.74, 6) is 1.12. The Morgan fingerprint density at radius 1 is 1.22 bits per heavy atom. The maximum absolute atomic E-state index is 11.7. The molecule has 0 aliphatic heterocycles. The number of rotatable bonds is 4. The molecule has 0 fully saturated rings. The van der Waals surface area contributed by atoms with E-state index in [1.165, 1.54) is 6.20 Å². The lowest BCUT2D eigenvalue weighted by Gasteiger charge is -2.09. The minimum absolute atomic E-state index is 0.126. The van der Waals surface area contributed by atoms with E-state index < -0.39 is 0 Å². The highest BCUT2D eigenvalue weighted by Gasteiger charge is 2.12. The second-order valence-corrected chi connectivity index (χ2v) is 4.86. The van der Waals surface area contributed by atoms with Gasteiger partial charge in [0.05, 0.1) is 12.5 Å². The average Bonchev–Trinajstić information content (AvgIpc) is 3.25. The fourth-order valence-corrected chi connectivity index (χ4v) is 2.26. The van der Waals surface area contributed by atoms with Crippen LogP contribution in [0.15, 0.2) is 65.5 Å². The molecular formula is C16H12N4O3. The van der Waals surface area contributed by atoms with Crippen molar-refractivity contribution in [3.63, 3.8) is 0 Å². The Kier molecular flexibility index (Phi) is 3.16. The molecule has 0 aromatic carbocycles. The number of nitrogens with zero attached hydrogens (tertiary/aromatic N) is 4. The Hall–Kier alpha value is -3.35. The standard InChI is InChI=1S/C16H12N4O3/c21-19-8-2-1-4-12(19)11-23-16-10-13(14-5-3-9-22-14)18-15-6-7-17-20(15)16/h1-10H,11H2. The van der Waals surface area contributed by atoms with Gasteiger partial charge in [0.1, 0.15) is 5.69 Å². The van der Waals surface area contributed by atoms with Crippen molar-refractivity contribution in [1.82, 2.24) is 14.6 Å². The molecule has 7 heteroatoms. The second kappa shape index (κ2) is 5.45. The topological polar surface area (TPSA) is 79.5 Å². The first kappa shape index (κ1) is 13.3. The van der Waals surface area contributed by atoms with Crippen molar-refractivity contribution in [3.05, 3.63) is 72.0 Å². The molecule has 23 heavy (non-hydrogen) atoms. The van der Waals surface area contributed by atoms with Crippen molar-refractivity contribution in [2.75, 3.05) is 0 Å². The van der Waals surface area contributed by atoms with Gasteiger partial charge in [0, 0.05) is 24.3 Å². The highest BCUT2D eigenvalue weighted by Crippen LogP contribution is 2.24. The average molecular weight is 308 g/mol. The number of aromatic nitrogens is 4. The van der Waals surface area contributed by atoms with Crippen LogP contribution in [0.2, 0.25) is 0 Å². The summed E-state index contributed by atoms with van der Waals surface area (Å²) in [4.78, 5) is 4.47. The van der Waals surface area contributed by atoms with Gasteiger partial charge in [0.25, 0.3) is 0 Å². The van der Waals surface area contributed by atoms with Crippen LogP contribution in [-0.2, 0) is 6.61 Å². The fourth-order valence-electron chi connectivity index (χ4n) is 2.26. The van der Waals surface area contributed by atoms with Crippen LogP contribution in [0, 0.1) is 5.21 Å².